The molecule has 0 spiro atoms. The molecule has 3 nitrogen and oxygen atoms in total. The van der Waals surface area contributed by atoms with E-state index < -0.39 is 0 Å². The number of morpholine rings is 1. The van der Waals surface area contributed by atoms with Gasteiger partial charge in [-0.3, -0.25) is 4.90 Å². The maximum absolute atomic E-state index is 5.61. The van der Waals surface area contributed by atoms with Gasteiger partial charge in [0.25, 0.3) is 0 Å². The quantitative estimate of drug-likeness (QED) is 0.738. The average Bonchev–Trinajstić information content (AvgIpc) is 2.11. The van der Waals surface area contributed by atoms with Gasteiger partial charge < -0.3 is 10.1 Å². The summed E-state index contributed by atoms with van der Waals surface area (Å²) in [6.07, 6.45) is 0.374. The fourth-order valence-corrected chi connectivity index (χ4v) is 1.78. The zero-order valence-electron chi connectivity index (χ0n) is 10.1. The third-order valence-electron chi connectivity index (χ3n) is 3.01. The molecule has 1 aliphatic rings. The molecular weight excluding hydrogens is 176 g/mol. The molecule has 0 aliphatic carbocycles. The fourth-order valence-electron chi connectivity index (χ4n) is 1.78. The van der Waals surface area contributed by atoms with Crippen LogP contribution in [0.2, 0.25) is 0 Å². The molecule has 1 heterocycles. The lowest BCUT2D eigenvalue weighted by Crippen LogP contribution is -2.55. The summed E-state index contributed by atoms with van der Waals surface area (Å²) in [6.45, 7) is 11.8. The molecule has 0 aromatic rings. The van der Waals surface area contributed by atoms with Gasteiger partial charge in [-0.15, -0.1) is 0 Å². The van der Waals surface area contributed by atoms with Crippen LogP contribution < -0.4 is 5.32 Å². The van der Waals surface area contributed by atoms with Crippen LogP contribution in [0.25, 0.3) is 0 Å². The van der Waals surface area contributed by atoms with Gasteiger partial charge in [-0.25, -0.2) is 0 Å². The lowest BCUT2D eigenvalue weighted by atomic mass is 10.0. The Morgan fingerprint density at radius 1 is 1.43 bits per heavy atom. The minimum absolute atomic E-state index is 0.186. The molecule has 1 N–H and O–H groups in total. The Labute approximate surface area is 87.8 Å². The summed E-state index contributed by atoms with van der Waals surface area (Å²) in [7, 11) is 2.02. The van der Waals surface area contributed by atoms with Crippen LogP contribution in [0.5, 0.6) is 0 Å². The second-order valence-corrected chi connectivity index (χ2v) is 5.06. The Hall–Kier alpha value is -0.120. The van der Waals surface area contributed by atoms with Crippen LogP contribution in [0.3, 0.4) is 0 Å². The second kappa shape index (κ2) is 4.60. The standard InChI is InChI=1S/C11H24N2O/c1-9-7-14-10(2)6-13(9)8-11(3,4)12-5/h9-10,12H,6-8H2,1-5H3. The third-order valence-corrected chi connectivity index (χ3v) is 3.01. The van der Waals surface area contributed by atoms with E-state index in [9.17, 15) is 0 Å². The van der Waals surface area contributed by atoms with Gasteiger partial charge in [-0.2, -0.15) is 0 Å². The maximum Gasteiger partial charge on any atom is 0.0674 e. The molecule has 2 atom stereocenters. The van der Waals surface area contributed by atoms with Gasteiger partial charge in [0, 0.05) is 24.7 Å². The van der Waals surface area contributed by atoms with Gasteiger partial charge in [-0.1, -0.05) is 0 Å². The Morgan fingerprint density at radius 2 is 2.07 bits per heavy atom. The molecule has 0 bridgehead atoms. The fraction of sp³-hybridized carbons (Fsp3) is 1.00. The van der Waals surface area contributed by atoms with E-state index in [1.807, 2.05) is 7.05 Å². The molecule has 1 aliphatic heterocycles. The number of hydrogen-bond donors (Lipinski definition) is 1. The SMILES string of the molecule is CNC(C)(C)CN1CC(C)OCC1C. The second-order valence-electron chi connectivity index (χ2n) is 5.06. The van der Waals surface area contributed by atoms with Crippen LogP contribution in [-0.4, -0.2) is 49.3 Å². The molecule has 0 saturated carbocycles. The minimum Gasteiger partial charge on any atom is -0.376 e. The van der Waals surface area contributed by atoms with E-state index in [-0.39, 0.29) is 5.54 Å². The number of nitrogens with zero attached hydrogens (tertiary/aromatic N) is 1. The summed E-state index contributed by atoms with van der Waals surface area (Å²) in [5.41, 5.74) is 0.186. The van der Waals surface area contributed by atoms with Gasteiger partial charge in [0.1, 0.15) is 0 Å². The van der Waals surface area contributed by atoms with Crippen molar-refractivity contribution in [2.45, 2.75) is 45.4 Å². The van der Waals surface area contributed by atoms with Crippen molar-refractivity contribution in [1.82, 2.24) is 10.2 Å². The Kier molecular flexibility index (Phi) is 3.93. The van der Waals surface area contributed by atoms with E-state index in [4.69, 9.17) is 4.74 Å². The zero-order valence-corrected chi connectivity index (χ0v) is 10.1. The van der Waals surface area contributed by atoms with Crippen LogP contribution in [0.1, 0.15) is 27.7 Å². The zero-order chi connectivity index (χ0) is 10.8. The maximum atomic E-state index is 5.61. The third kappa shape index (κ3) is 3.23. The molecule has 1 fully saturated rings. The van der Waals surface area contributed by atoms with Crippen molar-refractivity contribution in [3.8, 4) is 0 Å². The summed E-state index contributed by atoms with van der Waals surface area (Å²) >= 11 is 0. The number of rotatable bonds is 3. The molecule has 0 aromatic carbocycles. The van der Waals surface area contributed by atoms with Crippen molar-refractivity contribution in [3.63, 3.8) is 0 Å². The number of ether oxygens (including phenoxy) is 1. The van der Waals surface area contributed by atoms with E-state index in [1.165, 1.54) is 0 Å². The number of hydrogen-bond acceptors (Lipinski definition) is 3. The van der Waals surface area contributed by atoms with E-state index in [0.717, 1.165) is 19.7 Å². The molecule has 3 heteroatoms. The van der Waals surface area contributed by atoms with Crippen LogP contribution in [0.4, 0.5) is 0 Å². The van der Waals surface area contributed by atoms with Crippen molar-refractivity contribution in [1.29, 1.82) is 0 Å². The van der Waals surface area contributed by atoms with E-state index >= 15 is 0 Å². The molecule has 1 saturated heterocycles. The van der Waals surface area contributed by atoms with Crippen LogP contribution >= 0.6 is 0 Å². The predicted molar refractivity (Wildman–Crippen MR) is 59.6 cm³/mol. The first-order valence-corrected chi connectivity index (χ1v) is 5.49. The van der Waals surface area contributed by atoms with Gasteiger partial charge in [-0.05, 0) is 34.7 Å². The van der Waals surface area contributed by atoms with E-state index in [0.29, 0.717) is 12.1 Å². The first-order valence-electron chi connectivity index (χ1n) is 5.49. The first kappa shape index (κ1) is 12.0. The summed E-state index contributed by atoms with van der Waals surface area (Å²) < 4.78 is 5.61. The van der Waals surface area contributed by atoms with Gasteiger partial charge in [0.15, 0.2) is 0 Å². The number of likely N-dealkylation sites (N-methyl/N-ethyl adjacent to an activating group) is 1. The average molecular weight is 200 g/mol. The highest BCUT2D eigenvalue weighted by Crippen LogP contribution is 2.14. The Morgan fingerprint density at radius 3 is 2.64 bits per heavy atom. The largest absolute Gasteiger partial charge is 0.376 e. The topological polar surface area (TPSA) is 24.5 Å². The summed E-state index contributed by atoms with van der Waals surface area (Å²) in [5.74, 6) is 0. The molecule has 0 aromatic heterocycles. The normalized spacial score (nSPS) is 30.6. The van der Waals surface area contributed by atoms with Crippen molar-refractivity contribution in [3.05, 3.63) is 0 Å². The van der Waals surface area contributed by atoms with Crippen LogP contribution in [-0.2, 0) is 4.74 Å². The van der Waals surface area contributed by atoms with Crippen LogP contribution in [0.15, 0.2) is 0 Å². The van der Waals surface area contributed by atoms with E-state index in [1.54, 1.807) is 0 Å². The van der Waals surface area contributed by atoms with Crippen molar-refractivity contribution >= 4 is 0 Å². The van der Waals surface area contributed by atoms with Crippen molar-refractivity contribution in [2.75, 3.05) is 26.7 Å². The monoisotopic (exact) mass is 200 g/mol. The number of nitrogens with one attached hydrogen (secondary N) is 1. The molecule has 0 amide bonds. The van der Waals surface area contributed by atoms with Gasteiger partial charge in [0.05, 0.1) is 12.7 Å². The molecule has 0 radical (unpaired) electrons. The Bertz CT molecular complexity index is 182. The highest BCUT2D eigenvalue weighted by atomic mass is 16.5. The predicted octanol–water partition coefficient (Wildman–Crippen LogP) is 1.09. The highest BCUT2D eigenvalue weighted by molar-refractivity contribution is 4.85. The summed E-state index contributed by atoms with van der Waals surface area (Å²) in [6, 6.07) is 0.541. The first-order chi connectivity index (χ1) is 6.44. The van der Waals surface area contributed by atoms with Crippen molar-refractivity contribution in [2.24, 2.45) is 0 Å². The smallest absolute Gasteiger partial charge is 0.0674 e. The van der Waals surface area contributed by atoms with Crippen molar-refractivity contribution < 1.29 is 4.74 Å². The molecule has 84 valence electrons. The lowest BCUT2D eigenvalue weighted by Gasteiger charge is -2.41. The Balaban J connectivity index is 2.49. The lowest BCUT2D eigenvalue weighted by molar-refractivity contribution is -0.0558. The van der Waals surface area contributed by atoms with Gasteiger partial charge >= 0.3 is 0 Å². The molecule has 2 unspecified atom stereocenters. The van der Waals surface area contributed by atoms with E-state index in [2.05, 4.69) is 37.9 Å². The van der Waals surface area contributed by atoms with Gasteiger partial charge in [0.2, 0.25) is 0 Å². The van der Waals surface area contributed by atoms with Crippen LogP contribution in [0, 0.1) is 0 Å². The summed E-state index contributed by atoms with van der Waals surface area (Å²) in [4.78, 5) is 2.50. The minimum atomic E-state index is 0.186. The molecule has 1 rings (SSSR count). The summed E-state index contributed by atoms with van der Waals surface area (Å²) in [5, 5.41) is 3.34. The molecule has 14 heavy (non-hydrogen) atoms. The molecular formula is C11H24N2O. The highest BCUT2D eigenvalue weighted by Gasteiger charge is 2.28.